The fourth-order valence-electron chi connectivity index (χ4n) is 5.99. The van der Waals surface area contributed by atoms with Crippen LogP contribution in [0.2, 0.25) is 10.0 Å². The van der Waals surface area contributed by atoms with E-state index in [2.05, 4.69) is 17.1 Å². The van der Waals surface area contributed by atoms with Crippen LogP contribution in [0.4, 0.5) is 26.3 Å². The summed E-state index contributed by atoms with van der Waals surface area (Å²) in [6, 6.07) is 3.26. The first-order valence-corrected chi connectivity index (χ1v) is 14.8. The number of oxime groups is 1. The molecule has 0 radical (unpaired) electrons. The lowest BCUT2D eigenvalue weighted by molar-refractivity contribution is -0.275. The number of nitrogens with zero attached hydrogens (tertiary/aromatic N) is 1. The van der Waals surface area contributed by atoms with Gasteiger partial charge in [0, 0.05) is 22.0 Å². The third-order valence-corrected chi connectivity index (χ3v) is 9.81. The molecule has 4 nitrogen and oxygen atoms in total. The molecule has 13 heteroatoms. The van der Waals surface area contributed by atoms with Gasteiger partial charge in [-0.25, -0.2) is 0 Å². The van der Waals surface area contributed by atoms with E-state index in [4.69, 9.17) is 28.0 Å². The predicted molar refractivity (Wildman–Crippen MR) is 146 cm³/mol. The van der Waals surface area contributed by atoms with E-state index in [1.807, 2.05) is 0 Å². The van der Waals surface area contributed by atoms with Gasteiger partial charge in [0.15, 0.2) is 0 Å². The van der Waals surface area contributed by atoms with Crippen LogP contribution >= 0.6 is 34.5 Å². The maximum atomic E-state index is 14.5. The zero-order chi connectivity index (χ0) is 29.7. The van der Waals surface area contributed by atoms with E-state index in [1.165, 1.54) is 6.07 Å². The second-order valence-corrected chi connectivity index (χ2v) is 12.6. The summed E-state index contributed by atoms with van der Waals surface area (Å²) < 4.78 is 81.1. The molecule has 0 spiro atoms. The second-order valence-electron chi connectivity index (χ2n) is 10.7. The van der Waals surface area contributed by atoms with Crippen molar-refractivity contribution in [2.45, 2.75) is 81.8 Å². The number of carbonyl (C=O) groups excluding carboxylic acids is 1. The molecule has 1 amide bonds. The van der Waals surface area contributed by atoms with E-state index < -0.39 is 30.8 Å². The van der Waals surface area contributed by atoms with Crippen molar-refractivity contribution in [1.29, 1.82) is 0 Å². The van der Waals surface area contributed by atoms with Crippen LogP contribution < -0.4 is 5.32 Å². The van der Waals surface area contributed by atoms with Crippen LogP contribution in [-0.4, -0.2) is 30.0 Å². The number of amides is 1. The summed E-state index contributed by atoms with van der Waals surface area (Å²) >= 11 is 13.1. The Morgan fingerprint density at radius 3 is 2.44 bits per heavy atom. The summed E-state index contributed by atoms with van der Waals surface area (Å²) in [6.45, 7) is 4.05. The molecule has 2 aromatic rings. The summed E-state index contributed by atoms with van der Waals surface area (Å²) in [5, 5.41) is 6.90. The van der Waals surface area contributed by atoms with Crippen molar-refractivity contribution < 1.29 is 36.0 Å². The maximum Gasteiger partial charge on any atom is 0.435 e. The van der Waals surface area contributed by atoms with Gasteiger partial charge in [-0.2, -0.15) is 26.3 Å². The van der Waals surface area contributed by atoms with Gasteiger partial charge < -0.3 is 10.2 Å². The van der Waals surface area contributed by atoms with Crippen molar-refractivity contribution in [3.63, 3.8) is 0 Å². The fraction of sp³-hybridized carbons (Fsp3) is 0.500. The fourth-order valence-corrected chi connectivity index (χ4v) is 7.80. The third kappa shape index (κ3) is 5.99. The van der Waals surface area contributed by atoms with Gasteiger partial charge in [0.2, 0.25) is 0 Å². The number of rotatable bonds is 7. The highest BCUT2D eigenvalue weighted by Crippen LogP contribution is 2.51. The molecule has 2 heterocycles. The Morgan fingerprint density at radius 1 is 1.10 bits per heavy atom. The summed E-state index contributed by atoms with van der Waals surface area (Å²) in [5.41, 5.74) is -0.673. The molecule has 1 aromatic carbocycles. The number of thiophene rings is 1. The number of alkyl halides is 6. The van der Waals surface area contributed by atoms with Crippen molar-refractivity contribution >= 4 is 46.2 Å². The van der Waals surface area contributed by atoms with Crippen molar-refractivity contribution in [3.05, 3.63) is 66.8 Å². The third-order valence-electron chi connectivity index (χ3n) is 8.05. The zero-order valence-electron chi connectivity index (χ0n) is 21.7. The van der Waals surface area contributed by atoms with Gasteiger partial charge in [-0.15, -0.1) is 11.3 Å². The lowest BCUT2D eigenvalue weighted by Gasteiger charge is -2.29. The van der Waals surface area contributed by atoms with Gasteiger partial charge in [0.25, 0.3) is 11.5 Å². The van der Waals surface area contributed by atoms with Crippen LogP contribution in [0.1, 0.15) is 76.2 Å². The Morgan fingerprint density at radius 2 is 1.78 bits per heavy atom. The highest BCUT2D eigenvalue weighted by molar-refractivity contribution is 7.16. The molecule has 3 aliphatic rings. The quantitative estimate of drug-likeness (QED) is 0.243. The monoisotopic (exact) mass is 638 g/mol. The first-order valence-electron chi connectivity index (χ1n) is 13.2. The van der Waals surface area contributed by atoms with Crippen LogP contribution in [0.25, 0.3) is 0 Å². The number of hydrogen-bond donors (Lipinski definition) is 1. The Kier molecular flexibility index (Phi) is 8.19. The minimum Gasteiger partial charge on any atom is -0.374 e. The van der Waals surface area contributed by atoms with E-state index in [0.29, 0.717) is 47.4 Å². The van der Waals surface area contributed by atoms with Crippen LogP contribution in [0.3, 0.4) is 0 Å². The summed E-state index contributed by atoms with van der Waals surface area (Å²) in [5.74, 6) is -0.475. The minimum absolute atomic E-state index is 0.000632. The number of carbonyl (C=O) groups is 1. The van der Waals surface area contributed by atoms with E-state index >= 15 is 0 Å². The average Bonchev–Trinajstić information content (AvgIpc) is 3.63. The second kappa shape index (κ2) is 11.1. The smallest absolute Gasteiger partial charge is 0.374 e. The lowest BCUT2D eigenvalue weighted by atomic mass is 9.87. The van der Waals surface area contributed by atoms with Crippen molar-refractivity contribution in [2.24, 2.45) is 11.1 Å². The van der Waals surface area contributed by atoms with Crippen LogP contribution in [-0.2, 0) is 23.3 Å². The first-order chi connectivity index (χ1) is 19.2. The number of fused-ring (bicyclic) bond motifs is 1. The van der Waals surface area contributed by atoms with Crippen LogP contribution in [0.5, 0.6) is 0 Å². The Bertz CT molecular complexity index is 1380. The molecule has 1 N–H and O–H groups in total. The highest BCUT2D eigenvalue weighted by Gasteiger charge is 2.62. The predicted octanol–water partition coefficient (Wildman–Crippen LogP) is 8.92. The largest absolute Gasteiger partial charge is 0.435 e. The molecule has 3 unspecified atom stereocenters. The van der Waals surface area contributed by atoms with Gasteiger partial charge in [0.1, 0.15) is 5.71 Å². The minimum atomic E-state index is -4.84. The normalized spacial score (nSPS) is 24.4. The number of hydrogen-bond acceptors (Lipinski definition) is 4. The Hall–Kier alpha value is -2.24. The summed E-state index contributed by atoms with van der Waals surface area (Å²) in [4.78, 5) is 19.4. The molecule has 1 fully saturated rings. The van der Waals surface area contributed by atoms with Gasteiger partial charge in [-0.05, 0) is 80.2 Å². The Balaban J connectivity index is 1.34. The van der Waals surface area contributed by atoms with E-state index in [9.17, 15) is 31.1 Å². The average molecular weight is 639 g/mol. The molecule has 3 atom stereocenters. The molecular formula is C28H26Cl2F6N2O2S. The Labute approximate surface area is 246 Å². The molecule has 2 aliphatic carbocycles. The zero-order valence-corrected chi connectivity index (χ0v) is 24.0. The maximum absolute atomic E-state index is 14.5. The summed E-state index contributed by atoms with van der Waals surface area (Å²) in [7, 11) is 0. The van der Waals surface area contributed by atoms with Gasteiger partial charge >= 0.3 is 12.4 Å². The molecule has 0 saturated heterocycles. The molecule has 5 rings (SSSR count). The van der Waals surface area contributed by atoms with E-state index in [-0.39, 0.29) is 45.6 Å². The van der Waals surface area contributed by atoms with Gasteiger partial charge in [-0.1, -0.05) is 40.5 Å². The molecule has 1 aliphatic heterocycles. The molecule has 0 bridgehead atoms. The molecule has 1 saturated carbocycles. The molecule has 1 aromatic heterocycles. The molecule has 41 heavy (non-hydrogen) atoms. The van der Waals surface area contributed by atoms with Crippen LogP contribution in [0, 0.1) is 5.92 Å². The van der Waals surface area contributed by atoms with E-state index in [0.717, 1.165) is 41.0 Å². The van der Waals surface area contributed by atoms with E-state index in [1.54, 1.807) is 0 Å². The van der Waals surface area contributed by atoms with Crippen LogP contribution in [0.15, 0.2) is 35.5 Å². The standard InChI is InChI=1S/C28H26Cl2F6N2O2S/c1-14-15(4-3-9-27(31,32)33)7-8-21(14)37-25(39)24-20-6-2-5-19(20)23(41-24)22-13-26(40-38-22,28(34,35)36)16-10-17(29)12-18(30)11-16/h10-12,15,21H,1-9,13H2,(H,37,39). The van der Waals surface area contributed by atoms with Crippen molar-refractivity contribution in [1.82, 2.24) is 5.32 Å². The van der Waals surface area contributed by atoms with Crippen molar-refractivity contribution in [3.8, 4) is 0 Å². The number of benzene rings is 1. The number of halogens is 8. The number of nitrogens with one attached hydrogen (secondary N) is 1. The SMILES string of the molecule is C=C1C(CCCC(F)(F)F)CCC1NC(=O)c1sc(C2=NOC(c3cc(Cl)cc(Cl)c3)(C(F)(F)F)C2)c2c1CCC2. The van der Waals surface area contributed by atoms with Gasteiger partial charge in [-0.3, -0.25) is 4.79 Å². The topological polar surface area (TPSA) is 50.7 Å². The summed E-state index contributed by atoms with van der Waals surface area (Å²) in [6.07, 6.45) is -7.03. The lowest BCUT2D eigenvalue weighted by Crippen LogP contribution is -2.42. The van der Waals surface area contributed by atoms with Gasteiger partial charge in [0.05, 0.1) is 22.2 Å². The highest BCUT2D eigenvalue weighted by atomic mass is 35.5. The first kappa shape index (κ1) is 30.2. The molecule has 222 valence electrons. The van der Waals surface area contributed by atoms with Crippen molar-refractivity contribution in [2.75, 3.05) is 0 Å². The molecular weight excluding hydrogens is 613 g/mol.